The maximum atomic E-state index is 10.8. The molecule has 0 radical (unpaired) electrons. The zero-order valence-electron chi connectivity index (χ0n) is 11.6. The van der Waals surface area contributed by atoms with Gasteiger partial charge in [-0.2, -0.15) is 0 Å². The fourth-order valence-electron chi connectivity index (χ4n) is 2.08. The summed E-state index contributed by atoms with van der Waals surface area (Å²) in [4.78, 5) is 14.9. The van der Waals surface area contributed by atoms with E-state index < -0.39 is 5.97 Å². The third-order valence-electron chi connectivity index (χ3n) is 3.06. The van der Waals surface area contributed by atoms with Crippen LogP contribution in [-0.4, -0.2) is 16.1 Å². The monoisotopic (exact) mass is 275 g/mol. The molecule has 0 aliphatic rings. The van der Waals surface area contributed by atoms with E-state index in [4.69, 9.17) is 15.3 Å². The SMILES string of the molecule is Cc1cc(C(C)Nc2ncc(C(=O)O)cc2N)c(C)o1. The van der Waals surface area contributed by atoms with Crippen molar-refractivity contribution in [1.29, 1.82) is 0 Å². The van der Waals surface area contributed by atoms with Crippen molar-refractivity contribution in [2.75, 3.05) is 11.1 Å². The summed E-state index contributed by atoms with van der Waals surface area (Å²) in [7, 11) is 0. The number of hydrogen-bond acceptors (Lipinski definition) is 5. The van der Waals surface area contributed by atoms with Crippen LogP contribution in [0.1, 0.15) is 40.4 Å². The summed E-state index contributed by atoms with van der Waals surface area (Å²) in [6, 6.07) is 3.30. The van der Waals surface area contributed by atoms with Crippen LogP contribution in [0.5, 0.6) is 0 Å². The Labute approximate surface area is 116 Å². The lowest BCUT2D eigenvalue weighted by molar-refractivity contribution is 0.0696. The Morgan fingerprint density at radius 2 is 2.15 bits per heavy atom. The molecule has 0 bridgehead atoms. The molecule has 6 heteroatoms. The number of aromatic nitrogens is 1. The number of nitrogens with zero attached hydrogens (tertiary/aromatic N) is 1. The second kappa shape index (κ2) is 5.24. The summed E-state index contributed by atoms with van der Waals surface area (Å²) in [5, 5.41) is 12.0. The zero-order chi connectivity index (χ0) is 14.9. The molecule has 0 aromatic carbocycles. The van der Waals surface area contributed by atoms with Gasteiger partial charge >= 0.3 is 5.97 Å². The maximum absolute atomic E-state index is 10.8. The lowest BCUT2D eigenvalue weighted by Gasteiger charge is -2.15. The molecule has 0 aliphatic carbocycles. The van der Waals surface area contributed by atoms with Crippen molar-refractivity contribution in [3.05, 3.63) is 41.0 Å². The number of aromatic carboxylic acids is 1. The van der Waals surface area contributed by atoms with Gasteiger partial charge in [-0.1, -0.05) is 0 Å². The lowest BCUT2D eigenvalue weighted by atomic mass is 10.1. The molecule has 6 nitrogen and oxygen atoms in total. The summed E-state index contributed by atoms with van der Waals surface area (Å²) in [6.07, 6.45) is 1.28. The number of carboxylic acids is 1. The van der Waals surface area contributed by atoms with Crippen LogP contribution < -0.4 is 11.1 Å². The molecule has 2 rings (SSSR count). The first-order valence-corrected chi connectivity index (χ1v) is 6.20. The van der Waals surface area contributed by atoms with Crippen LogP contribution in [-0.2, 0) is 0 Å². The molecule has 1 unspecified atom stereocenters. The highest BCUT2D eigenvalue weighted by atomic mass is 16.4. The van der Waals surface area contributed by atoms with Crippen molar-refractivity contribution in [3.63, 3.8) is 0 Å². The number of nitrogens with two attached hydrogens (primary N) is 1. The van der Waals surface area contributed by atoms with Crippen molar-refractivity contribution < 1.29 is 14.3 Å². The highest BCUT2D eigenvalue weighted by Gasteiger charge is 2.15. The van der Waals surface area contributed by atoms with E-state index >= 15 is 0 Å². The Balaban J connectivity index is 2.22. The molecule has 2 aromatic heterocycles. The molecular formula is C14H17N3O3. The van der Waals surface area contributed by atoms with Crippen LogP contribution in [0.15, 0.2) is 22.7 Å². The summed E-state index contributed by atoms with van der Waals surface area (Å²) in [5.74, 6) is 1.09. The number of rotatable bonds is 4. The quantitative estimate of drug-likeness (QED) is 0.793. The first-order chi connectivity index (χ1) is 9.38. The van der Waals surface area contributed by atoms with Crippen LogP contribution in [0.25, 0.3) is 0 Å². The number of nitrogen functional groups attached to an aromatic ring is 1. The van der Waals surface area contributed by atoms with Crippen molar-refractivity contribution in [2.45, 2.75) is 26.8 Å². The fourth-order valence-corrected chi connectivity index (χ4v) is 2.08. The van der Waals surface area contributed by atoms with Crippen molar-refractivity contribution in [3.8, 4) is 0 Å². The van der Waals surface area contributed by atoms with Crippen molar-refractivity contribution >= 4 is 17.5 Å². The topological polar surface area (TPSA) is 101 Å². The minimum Gasteiger partial charge on any atom is -0.478 e. The van der Waals surface area contributed by atoms with Gasteiger partial charge in [-0.05, 0) is 32.9 Å². The van der Waals surface area contributed by atoms with Gasteiger partial charge in [0.05, 0.1) is 17.3 Å². The molecule has 0 saturated carbocycles. The molecule has 4 N–H and O–H groups in total. The summed E-state index contributed by atoms with van der Waals surface area (Å²) in [5.41, 5.74) is 7.20. The molecule has 1 atom stereocenters. The lowest BCUT2D eigenvalue weighted by Crippen LogP contribution is -2.11. The number of aryl methyl sites for hydroxylation is 2. The molecule has 106 valence electrons. The minimum absolute atomic E-state index is 0.0436. The Morgan fingerprint density at radius 3 is 2.65 bits per heavy atom. The summed E-state index contributed by atoms with van der Waals surface area (Å²) in [6.45, 7) is 5.74. The Morgan fingerprint density at radius 1 is 1.45 bits per heavy atom. The van der Waals surface area contributed by atoms with Gasteiger partial charge in [0.2, 0.25) is 0 Å². The molecule has 0 aliphatic heterocycles. The van der Waals surface area contributed by atoms with Gasteiger partial charge in [0.25, 0.3) is 0 Å². The second-order valence-corrected chi connectivity index (χ2v) is 4.70. The number of anilines is 2. The number of carboxylic acid groups (broad SMARTS) is 1. The fraction of sp³-hybridized carbons (Fsp3) is 0.286. The number of furan rings is 1. The normalized spacial score (nSPS) is 12.2. The van der Waals surface area contributed by atoms with E-state index in [0.29, 0.717) is 11.5 Å². The first-order valence-electron chi connectivity index (χ1n) is 6.20. The number of carbonyl (C=O) groups is 1. The number of nitrogens with one attached hydrogen (secondary N) is 1. The van der Waals surface area contributed by atoms with Crippen molar-refractivity contribution in [2.24, 2.45) is 0 Å². The molecule has 0 saturated heterocycles. The number of pyridine rings is 1. The van der Waals surface area contributed by atoms with Gasteiger partial charge in [-0.15, -0.1) is 0 Å². The standard InChI is InChI=1S/C14H17N3O3/c1-7-4-11(9(3)20-7)8(2)17-13-12(15)5-10(6-16-13)14(18)19/h4-6,8H,15H2,1-3H3,(H,16,17)(H,18,19). The van der Waals surface area contributed by atoms with Gasteiger partial charge < -0.3 is 20.6 Å². The third-order valence-corrected chi connectivity index (χ3v) is 3.06. The van der Waals surface area contributed by atoms with Crippen molar-refractivity contribution in [1.82, 2.24) is 4.98 Å². The Hall–Kier alpha value is -2.50. The second-order valence-electron chi connectivity index (χ2n) is 4.70. The maximum Gasteiger partial charge on any atom is 0.337 e. The van der Waals surface area contributed by atoms with Gasteiger partial charge in [0.1, 0.15) is 17.3 Å². The van der Waals surface area contributed by atoms with E-state index in [1.165, 1.54) is 12.3 Å². The van der Waals surface area contributed by atoms with E-state index in [0.717, 1.165) is 17.1 Å². The Kier molecular flexibility index (Phi) is 3.65. The third kappa shape index (κ3) is 2.74. The van der Waals surface area contributed by atoms with Gasteiger partial charge in [-0.25, -0.2) is 9.78 Å². The van der Waals surface area contributed by atoms with Crippen LogP contribution in [0.4, 0.5) is 11.5 Å². The Bertz CT molecular complexity index is 649. The first kappa shape index (κ1) is 13.9. The molecule has 0 fully saturated rings. The molecule has 0 spiro atoms. The zero-order valence-corrected chi connectivity index (χ0v) is 11.6. The van der Waals surface area contributed by atoms with E-state index in [1.807, 2.05) is 26.8 Å². The highest BCUT2D eigenvalue weighted by Crippen LogP contribution is 2.26. The van der Waals surface area contributed by atoms with Crippen LogP contribution in [0, 0.1) is 13.8 Å². The smallest absolute Gasteiger partial charge is 0.337 e. The predicted molar refractivity (Wildman–Crippen MR) is 75.8 cm³/mol. The summed E-state index contributed by atoms with van der Waals surface area (Å²) >= 11 is 0. The molecule has 20 heavy (non-hydrogen) atoms. The van der Waals surface area contributed by atoms with E-state index in [9.17, 15) is 4.79 Å². The molecular weight excluding hydrogens is 258 g/mol. The van der Waals surface area contributed by atoms with Gasteiger partial charge in [-0.3, -0.25) is 0 Å². The number of hydrogen-bond donors (Lipinski definition) is 3. The van der Waals surface area contributed by atoms with Gasteiger partial charge in [0, 0.05) is 11.8 Å². The summed E-state index contributed by atoms with van der Waals surface area (Å²) < 4.78 is 5.48. The van der Waals surface area contributed by atoms with E-state index in [1.54, 1.807) is 0 Å². The average Bonchev–Trinajstić information content (AvgIpc) is 2.70. The molecule has 2 heterocycles. The molecule has 2 aromatic rings. The minimum atomic E-state index is -1.05. The van der Waals surface area contributed by atoms with Crippen LogP contribution in [0.2, 0.25) is 0 Å². The highest BCUT2D eigenvalue weighted by molar-refractivity contribution is 5.89. The predicted octanol–water partition coefficient (Wildman–Crippen LogP) is 2.74. The van der Waals surface area contributed by atoms with Crippen LogP contribution in [0.3, 0.4) is 0 Å². The average molecular weight is 275 g/mol. The van der Waals surface area contributed by atoms with Crippen LogP contribution >= 0.6 is 0 Å². The van der Waals surface area contributed by atoms with E-state index in [2.05, 4.69) is 10.3 Å². The largest absolute Gasteiger partial charge is 0.478 e. The van der Waals surface area contributed by atoms with Gasteiger partial charge in [0.15, 0.2) is 0 Å². The van der Waals surface area contributed by atoms with E-state index in [-0.39, 0.29) is 11.6 Å². The molecule has 0 amide bonds.